The Morgan fingerprint density at radius 3 is 2.74 bits per heavy atom. The Morgan fingerprint density at radius 2 is 2.09 bits per heavy atom. The van der Waals surface area contributed by atoms with E-state index in [-0.39, 0.29) is 17.7 Å². The first-order valence-electron chi connectivity index (χ1n) is 7.46. The molecule has 2 aromatic rings. The molecule has 1 aliphatic rings. The van der Waals surface area contributed by atoms with Gasteiger partial charge in [-0.05, 0) is 6.92 Å². The molecule has 23 heavy (non-hydrogen) atoms. The average Bonchev–Trinajstić information content (AvgIpc) is 2.92. The Balaban J connectivity index is 1.41. The summed E-state index contributed by atoms with van der Waals surface area (Å²) in [4.78, 5) is 37.7. The molecule has 1 N–H and O–H groups in total. The maximum Gasteiger partial charge on any atom is 0.274 e. The third kappa shape index (κ3) is 3.36. The van der Waals surface area contributed by atoms with Crippen LogP contribution in [0.15, 0.2) is 31.0 Å². The molecule has 0 radical (unpaired) electrons. The van der Waals surface area contributed by atoms with E-state index in [0.717, 1.165) is 5.82 Å². The molecule has 2 amide bonds. The average molecular weight is 314 g/mol. The molecule has 8 nitrogen and oxygen atoms in total. The second-order valence-corrected chi connectivity index (χ2v) is 5.46. The first-order chi connectivity index (χ1) is 11.1. The molecule has 1 saturated heterocycles. The van der Waals surface area contributed by atoms with Crippen LogP contribution < -0.4 is 5.32 Å². The Morgan fingerprint density at radius 1 is 1.26 bits per heavy atom. The zero-order valence-electron chi connectivity index (χ0n) is 12.8. The van der Waals surface area contributed by atoms with E-state index in [1.807, 2.05) is 17.7 Å². The van der Waals surface area contributed by atoms with Gasteiger partial charge in [-0.15, -0.1) is 0 Å². The summed E-state index contributed by atoms with van der Waals surface area (Å²) in [5.74, 6) is 0.560. The van der Waals surface area contributed by atoms with Gasteiger partial charge < -0.3 is 14.8 Å². The van der Waals surface area contributed by atoms with E-state index in [4.69, 9.17) is 0 Å². The molecule has 0 aliphatic carbocycles. The van der Waals surface area contributed by atoms with Gasteiger partial charge in [-0.1, -0.05) is 0 Å². The molecule has 0 atom stereocenters. The van der Waals surface area contributed by atoms with Gasteiger partial charge in [-0.3, -0.25) is 14.6 Å². The maximum absolute atomic E-state index is 12.1. The fourth-order valence-electron chi connectivity index (χ4n) is 2.47. The summed E-state index contributed by atoms with van der Waals surface area (Å²) in [5.41, 5.74) is 0.307. The van der Waals surface area contributed by atoms with Gasteiger partial charge in [-0.2, -0.15) is 0 Å². The number of carbonyl (C=O) groups is 2. The highest BCUT2D eigenvalue weighted by Crippen LogP contribution is 2.17. The summed E-state index contributed by atoms with van der Waals surface area (Å²) < 4.78 is 1.98. The molecule has 1 aliphatic heterocycles. The zero-order chi connectivity index (χ0) is 16.2. The highest BCUT2D eigenvalue weighted by atomic mass is 16.2. The van der Waals surface area contributed by atoms with E-state index in [0.29, 0.717) is 31.9 Å². The molecule has 1 fully saturated rings. The summed E-state index contributed by atoms with van der Waals surface area (Å²) in [6, 6.07) is 0. The predicted octanol–water partition coefficient (Wildman–Crippen LogP) is -0.130. The number of imidazole rings is 1. The molecule has 3 rings (SSSR count). The van der Waals surface area contributed by atoms with Crippen LogP contribution in [0.3, 0.4) is 0 Å². The summed E-state index contributed by atoms with van der Waals surface area (Å²) in [6.07, 6.45) is 8.05. The van der Waals surface area contributed by atoms with Gasteiger partial charge in [0.25, 0.3) is 5.91 Å². The molecule has 120 valence electrons. The van der Waals surface area contributed by atoms with Crippen LogP contribution in [0, 0.1) is 12.8 Å². The molecular formula is C15H18N6O2. The summed E-state index contributed by atoms with van der Waals surface area (Å²) in [7, 11) is 0. The number of aromatic nitrogens is 4. The molecule has 0 unspecified atom stereocenters. The quantitative estimate of drug-likeness (QED) is 0.830. The van der Waals surface area contributed by atoms with Crippen molar-refractivity contribution in [1.82, 2.24) is 29.7 Å². The number of amides is 2. The Kier molecular flexibility index (Phi) is 4.31. The fraction of sp³-hybridized carbons (Fsp3) is 0.400. The van der Waals surface area contributed by atoms with Crippen LogP contribution >= 0.6 is 0 Å². The van der Waals surface area contributed by atoms with Gasteiger partial charge >= 0.3 is 0 Å². The number of carbonyl (C=O) groups excluding carboxylic acids is 2. The van der Waals surface area contributed by atoms with Crippen LogP contribution in [0.2, 0.25) is 0 Å². The van der Waals surface area contributed by atoms with E-state index < -0.39 is 0 Å². The Hall–Kier alpha value is -2.77. The van der Waals surface area contributed by atoms with E-state index in [1.165, 1.54) is 18.6 Å². The third-order valence-electron chi connectivity index (χ3n) is 3.90. The second-order valence-electron chi connectivity index (χ2n) is 5.46. The summed E-state index contributed by atoms with van der Waals surface area (Å²) in [5, 5.41) is 2.90. The lowest BCUT2D eigenvalue weighted by Crippen LogP contribution is -2.56. The van der Waals surface area contributed by atoms with Gasteiger partial charge in [0.2, 0.25) is 5.91 Å². The van der Waals surface area contributed by atoms with Gasteiger partial charge in [0.05, 0.1) is 12.1 Å². The highest BCUT2D eigenvalue weighted by molar-refractivity contribution is 5.94. The number of hydrogen-bond acceptors (Lipinski definition) is 5. The molecule has 0 aromatic carbocycles. The van der Waals surface area contributed by atoms with E-state index in [9.17, 15) is 9.59 Å². The minimum atomic E-state index is -0.184. The van der Waals surface area contributed by atoms with Crippen LogP contribution in [-0.2, 0) is 11.3 Å². The lowest BCUT2D eigenvalue weighted by molar-refractivity contribution is -0.129. The maximum atomic E-state index is 12.1. The van der Waals surface area contributed by atoms with Crippen molar-refractivity contribution in [3.05, 3.63) is 42.5 Å². The van der Waals surface area contributed by atoms with Crippen molar-refractivity contribution in [2.75, 3.05) is 19.6 Å². The summed E-state index contributed by atoms with van der Waals surface area (Å²) in [6.45, 7) is 4.00. The van der Waals surface area contributed by atoms with Gasteiger partial charge in [0.15, 0.2) is 0 Å². The van der Waals surface area contributed by atoms with Crippen molar-refractivity contribution in [3.63, 3.8) is 0 Å². The third-order valence-corrected chi connectivity index (χ3v) is 3.90. The van der Waals surface area contributed by atoms with E-state index in [1.54, 1.807) is 11.1 Å². The lowest BCUT2D eigenvalue weighted by Gasteiger charge is -2.37. The SMILES string of the molecule is Cc1nccn1CCNC(=O)C1CN(C(=O)c2cnccn2)C1. The predicted molar refractivity (Wildman–Crippen MR) is 81.4 cm³/mol. The van der Waals surface area contributed by atoms with Crippen LogP contribution in [0.5, 0.6) is 0 Å². The molecule has 0 bridgehead atoms. The van der Waals surface area contributed by atoms with Crippen LogP contribution in [0.1, 0.15) is 16.3 Å². The molecule has 2 aromatic heterocycles. The number of aryl methyl sites for hydroxylation is 1. The fourth-order valence-corrected chi connectivity index (χ4v) is 2.47. The number of rotatable bonds is 5. The molecule has 0 spiro atoms. The van der Waals surface area contributed by atoms with Crippen molar-refractivity contribution in [2.45, 2.75) is 13.5 Å². The van der Waals surface area contributed by atoms with E-state index in [2.05, 4.69) is 20.3 Å². The van der Waals surface area contributed by atoms with Crippen molar-refractivity contribution in [3.8, 4) is 0 Å². The van der Waals surface area contributed by atoms with Crippen LogP contribution in [-0.4, -0.2) is 55.9 Å². The molecule has 8 heteroatoms. The molecule has 0 saturated carbocycles. The van der Waals surface area contributed by atoms with Crippen molar-refractivity contribution < 1.29 is 9.59 Å². The van der Waals surface area contributed by atoms with Crippen LogP contribution in [0.4, 0.5) is 0 Å². The minimum Gasteiger partial charge on any atom is -0.354 e. The molecular weight excluding hydrogens is 296 g/mol. The highest BCUT2D eigenvalue weighted by Gasteiger charge is 2.36. The van der Waals surface area contributed by atoms with Gasteiger partial charge in [-0.25, -0.2) is 9.97 Å². The minimum absolute atomic E-state index is 0.0223. The number of nitrogens with one attached hydrogen (secondary N) is 1. The normalized spacial score (nSPS) is 14.4. The molecule has 3 heterocycles. The van der Waals surface area contributed by atoms with Gasteiger partial charge in [0, 0.05) is 51.0 Å². The van der Waals surface area contributed by atoms with Crippen molar-refractivity contribution in [1.29, 1.82) is 0 Å². The summed E-state index contributed by atoms with van der Waals surface area (Å²) >= 11 is 0. The monoisotopic (exact) mass is 314 g/mol. The Bertz CT molecular complexity index is 693. The van der Waals surface area contributed by atoms with Crippen molar-refractivity contribution >= 4 is 11.8 Å². The van der Waals surface area contributed by atoms with Crippen LogP contribution in [0.25, 0.3) is 0 Å². The first-order valence-corrected chi connectivity index (χ1v) is 7.46. The Labute approximate surface area is 133 Å². The van der Waals surface area contributed by atoms with Crippen molar-refractivity contribution in [2.24, 2.45) is 5.92 Å². The first kappa shape index (κ1) is 15.1. The zero-order valence-corrected chi connectivity index (χ0v) is 12.8. The largest absolute Gasteiger partial charge is 0.354 e. The number of likely N-dealkylation sites (tertiary alicyclic amines) is 1. The van der Waals surface area contributed by atoms with Gasteiger partial charge in [0.1, 0.15) is 11.5 Å². The number of nitrogens with zero attached hydrogens (tertiary/aromatic N) is 5. The smallest absolute Gasteiger partial charge is 0.274 e. The topological polar surface area (TPSA) is 93.0 Å². The number of hydrogen-bond donors (Lipinski definition) is 1. The second kappa shape index (κ2) is 6.55. The standard InChI is InChI=1S/C15H18N6O2/c1-11-17-4-6-20(11)7-5-19-14(22)12-9-21(10-12)15(23)13-8-16-2-3-18-13/h2-4,6,8,12H,5,7,9-10H2,1H3,(H,19,22). The lowest BCUT2D eigenvalue weighted by atomic mass is 9.98. The van der Waals surface area contributed by atoms with E-state index >= 15 is 0 Å².